The number of ether oxygens (including phenoxy) is 1. The van der Waals surface area contributed by atoms with Gasteiger partial charge in [0.15, 0.2) is 6.61 Å². The van der Waals surface area contributed by atoms with E-state index in [0.29, 0.717) is 6.54 Å². The summed E-state index contributed by atoms with van der Waals surface area (Å²) in [6.45, 7) is 7.21. The molecule has 0 saturated carbocycles. The maximum Gasteiger partial charge on any atom is 0.257 e. The van der Waals surface area contributed by atoms with Crippen molar-refractivity contribution in [2.75, 3.05) is 13.2 Å². The van der Waals surface area contributed by atoms with Crippen LogP contribution in [-0.2, 0) is 16.6 Å². The molecule has 1 amide bonds. The Kier molecular flexibility index (Phi) is 5.61. The minimum absolute atomic E-state index is 0.0549. The summed E-state index contributed by atoms with van der Waals surface area (Å²) >= 11 is 1.71. The van der Waals surface area contributed by atoms with E-state index in [0.717, 1.165) is 12.2 Å². The number of thiophene rings is 1. The molecule has 0 spiro atoms. The Labute approximate surface area is 136 Å². The van der Waals surface area contributed by atoms with Gasteiger partial charge in [-0.15, -0.1) is 11.3 Å². The van der Waals surface area contributed by atoms with Crippen LogP contribution in [0.2, 0.25) is 0 Å². The molecule has 0 fully saturated rings. The Bertz CT molecular complexity index is 583. The standard InChI is InChI=1S/C18H23NO2S/c1-18(2,3)14-6-8-15(9-7-14)21-13-17(20)19-11-10-16-5-4-12-22-16/h4-9,12H,10-11,13H2,1-3H3,(H,19,20). The van der Waals surface area contributed by atoms with Crippen molar-refractivity contribution < 1.29 is 9.53 Å². The number of nitrogens with one attached hydrogen (secondary N) is 1. The summed E-state index contributed by atoms with van der Waals surface area (Å²) in [5.74, 6) is 0.637. The molecule has 1 N–H and O–H groups in total. The van der Waals surface area contributed by atoms with E-state index in [2.05, 4.69) is 32.2 Å². The summed E-state index contributed by atoms with van der Waals surface area (Å²) < 4.78 is 5.51. The molecule has 1 heterocycles. The van der Waals surface area contributed by atoms with E-state index in [1.54, 1.807) is 11.3 Å². The van der Waals surface area contributed by atoms with Crippen molar-refractivity contribution in [3.63, 3.8) is 0 Å². The van der Waals surface area contributed by atoms with E-state index in [9.17, 15) is 4.79 Å². The first-order valence-corrected chi connectivity index (χ1v) is 8.35. The third-order valence-electron chi connectivity index (χ3n) is 3.36. The van der Waals surface area contributed by atoms with Crippen molar-refractivity contribution >= 4 is 17.2 Å². The van der Waals surface area contributed by atoms with E-state index in [4.69, 9.17) is 4.74 Å². The highest BCUT2D eigenvalue weighted by Gasteiger charge is 2.13. The van der Waals surface area contributed by atoms with E-state index in [1.165, 1.54) is 10.4 Å². The van der Waals surface area contributed by atoms with Gasteiger partial charge in [0.05, 0.1) is 0 Å². The van der Waals surface area contributed by atoms with Gasteiger partial charge < -0.3 is 10.1 Å². The topological polar surface area (TPSA) is 38.3 Å². The van der Waals surface area contributed by atoms with Gasteiger partial charge in [0.1, 0.15) is 5.75 Å². The molecule has 4 heteroatoms. The Morgan fingerprint density at radius 3 is 2.50 bits per heavy atom. The Morgan fingerprint density at radius 2 is 1.91 bits per heavy atom. The van der Waals surface area contributed by atoms with E-state index < -0.39 is 0 Å². The molecule has 22 heavy (non-hydrogen) atoms. The highest BCUT2D eigenvalue weighted by atomic mass is 32.1. The van der Waals surface area contributed by atoms with Crippen molar-refractivity contribution in [3.05, 3.63) is 52.2 Å². The predicted octanol–water partition coefficient (Wildman–Crippen LogP) is 3.78. The van der Waals surface area contributed by atoms with Gasteiger partial charge in [-0.25, -0.2) is 0 Å². The fourth-order valence-electron chi connectivity index (χ4n) is 2.03. The summed E-state index contributed by atoms with van der Waals surface area (Å²) in [7, 11) is 0. The molecule has 0 bridgehead atoms. The minimum atomic E-state index is -0.0866. The summed E-state index contributed by atoms with van der Waals surface area (Å²) in [6, 6.07) is 12.0. The summed E-state index contributed by atoms with van der Waals surface area (Å²) in [5, 5.41) is 4.91. The van der Waals surface area contributed by atoms with Gasteiger partial charge in [0.25, 0.3) is 5.91 Å². The van der Waals surface area contributed by atoms with Crippen LogP contribution in [-0.4, -0.2) is 19.1 Å². The van der Waals surface area contributed by atoms with Crippen LogP contribution in [0.5, 0.6) is 5.75 Å². The second-order valence-corrected chi connectivity index (χ2v) is 7.27. The second kappa shape index (κ2) is 7.45. The van der Waals surface area contributed by atoms with Gasteiger partial charge in [0.2, 0.25) is 0 Å². The molecule has 0 radical (unpaired) electrons. The monoisotopic (exact) mass is 317 g/mol. The van der Waals surface area contributed by atoms with Crippen molar-refractivity contribution in [1.82, 2.24) is 5.32 Å². The molecule has 0 aliphatic heterocycles. The van der Waals surface area contributed by atoms with Gasteiger partial charge in [-0.1, -0.05) is 39.0 Å². The van der Waals surface area contributed by atoms with Gasteiger partial charge in [0, 0.05) is 11.4 Å². The first kappa shape index (κ1) is 16.6. The summed E-state index contributed by atoms with van der Waals surface area (Å²) in [5.41, 5.74) is 1.37. The molecule has 0 aliphatic rings. The third kappa shape index (κ3) is 5.19. The number of rotatable bonds is 6. The van der Waals surface area contributed by atoms with Crippen LogP contribution < -0.4 is 10.1 Å². The SMILES string of the molecule is CC(C)(C)c1ccc(OCC(=O)NCCc2cccs2)cc1. The number of hydrogen-bond donors (Lipinski definition) is 1. The van der Waals surface area contributed by atoms with Crippen molar-refractivity contribution in [1.29, 1.82) is 0 Å². The third-order valence-corrected chi connectivity index (χ3v) is 4.30. The zero-order chi connectivity index (χ0) is 16.0. The average Bonchev–Trinajstić information content (AvgIpc) is 2.98. The van der Waals surface area contributed by atoms with Crippen LogP contribution in [0.25, 0.3) is 0 Å². The molecular formula is C18H23NO2S. The van der Waals surface area contributed by atoms with E-state index >= 15 is 0 Å². The molecule has 3 nitrogen and oxygen atoms in total. The van der Waals surface area contributed by atoms with Gasteiger partial charge in [-0.05, 0) is 41.0 Å². The molecule has 118 valence electrons. The molecule has 0 saturated heterocycles. The molecule has 0 aliphatic carbocycles. The largest absolute Gasteiger partial charge is 0.484 e. The summed E-state index contributed by atoms with van der Waals surface area (Å²) in [4.78, 5) is 13.0. The Hall–Kier alpha value is -1.81. The predicted molar refractivity (Wildman–Crippen MR) is 91.7 cm³/mol. The quantitative estimate of drug-likeness (QED) is 0.880. The lowest BCUT2D eigenvalue weighted by Crippen LogP contribution is -2.30. The molecule has 0 unspecified atom stereocenters. The van der Waals surface area contributed by atoms with Crippen LogP contribution in [0.1, 0.15) is 31.2 Å². The highest BCUT2D eigenvalue weighted by Crippen LogP contribution is 2.24. The summed E-state index contributed by atoms with van der Waals surface area (Å²) in [6.07, 6.45) is 0.865. The van der Waals surface area contributed by atoms with Gasteiger partial charge in [-0.3, -0.25) is 4.79 Å². The van der Waals surface area contributed by atoms with Crippen LogP contribution in [0.4, 0.5) is 0 Å². The first-order chi connectivity index (χ1) is 10.4. The minimum Gasteiger partial charge on any atom is -0.484 e. The number of carbonyl (C=O) groups is 1. The van der Waals surface area contributed by atoms with E-state index in [-0.39, 0.29) is 17.9 Å². The smallest absolute Gasteiger partial charge is 0.257 e. The first-order valence-electron chi connectivity index (χ1n) is 7.47. The molecular weight excluding hydrogens is 294 g/mol. The van der Waals surface area contributed by atoms with Crippen molar-refractivity contribution in [3.8, 4) is 5.75 Å². The maximum absolute atomic E-state index is 11.7. The lowest BCUT2D eigenvalue weighted by molar-refractivity contribution is -0.123. The lowest BCUT2D eigenvalue weighted by Gasteiger charge is -2.19. The normalized spacial score (nSPS) is 11.2. The Morgan fingerprint density at radius 1 is 1.18 bits per heavy atom. The maximum atomic E-state index is 11.7. The molecule has 0 atom stereocenters. The zero-order valence-corrected chi connectivity index (χ0v) is 14.2. The number of hydrogen-bond acceptors (Lipinski definition) is 3. The lowest BCUT2D eigenvalue weighted by atomic mass is 9.87. The molecule has 1 aromatic carbocycles. The van der Waals surface area contributed by atoms with Gasteiger partial charge in [-0.2, -0.15) is 0 Å². The Balaban J connectivity index is 1.71. The second-order valence-electron chi connectivity index (χ2n) is 6.24. The molecule has 2 rings (SSSR count). The number of carbonyl (C=O) groups excluding carboxylic acids is 1. The van der Waals surface area contributed by atoms with Crippen molar-refractivity contribution in [2.45, 2.75) is 32.6 Å². The fraction of sp³-hybridized carbons (Fsp3) is 0.389. The van der Waals surface area contributed by atoms with Crippen LogP contribution >= 0.6 is 11.3 Å². The van der Waals surface area contributed by atoms with Gasteiger partial charge >= 0.3 is 0 Å². The fourth-order valence-corrected chi connectivity index (χ4v) is 2.74. The average molecular weight is 317 g/mol. The van der Waals surface area contributed by atoms with Crippen molar-refractivity contribution in [2.24, 2.45) is 0 Å². The molecule has 2 aromatic rings. The molecule has 1 aromatic heterocycles. The van der Waals surface area contributed by atoms with E-state index in [1.807, 2.05) is 35.7 Å². The zero-order valence-electron chi connectivity index (χ0n) is 13.4. The van der Waals surface area contributed by atoms with Crippen LogP contribution in [0.3, 0.4) is 0 Å². The van der Waals surface area contributed by atoms with Crippen LogP contribution in [0.15, 0.2) is 41.8 Å². The highest BCUT2D eigenvalue weighted by molar-refractivity contribution is 7.09. The van der Waals surface area contributed by atoms with Crippen LogP contribution in [0, 0.1) is 0 Å². The number of benzene rings is 1. The number of amides is 1.